The van der Waals surface area contributed by atoms with Gasteiger partial charge in [-0.1, -0.05) is 0 Å². The van der Waals surface area contributed by atoms with Gasteiger partial charge in [0.2, 0.25) is 0 Å². The second-order valence-electron chi connectivity index (χ2n) is 2.71. The zero-order valence-electron chi connectivity index (χ0n) is 8.89. The zero-order chi connectivity index (χ0) is 11.9. The molecule has 0 saturated heterocycles. The predicted molar refractivity (Wildman–Crippen MR) is 45.2 cm³/mol. The van der Waals surface area contributed by atoms with Crippen molar-refractivity contribution in [3.63, 3.8) is 0 Å². The molecule has 0 aliphatic rings. The molecule has 15 heavy (non-hydrogen) atoms. The molecule has 0 bridgehead atoms. The van der Waals surface area contributed by atoms with Crippen molar-refractivity contribution in [3.8, 4) is 0 Å². The van der Waals surface area contributed by atoms with Gasteiger partial charge in [-0.15, -0.1) is 0 Å². The van der Waals surface area contributed by atoms with Crippen molar-refractivity contribution in [2.75, 3.05) is 34.5 Å². The highest BCUT2D eigenvalue weighted by Crippen LogP contribution is 2.19. The Bertz CT molecular complexity index is 159. The van der Waals surface area contributed by atoms with Crippen LogP contribution in [0, 0.1) is 0 Å². The summed E-state index contributed by atoms with van der Waals surface area (Å²) >= 11 is 0. The van der Waals surface area contributed by atoms with Crippen molar-refractivity contribution in [2.45, 2.75) is 18.6 Å². The van der Waals surface area contributed by atoms with Gasteiger partial charge in [-0.2, -0.15) is 13.2 Å². The fourth-order valence-corrected chi connectivity index (χ4v) is 0.941. The van der Waals surface area contributed by atoms with E-state index in [1.54, 1.807) is 0 Å². The van der Waals surface area contributed by atoms with Crippen LogP contribution in [-0.2, 0) is 18.9 Å². The molecule has 0 unspecified atom stereocenters. The maximum absolute atomic E-state index is 11.7. The lowest BCUT2D eigenvalue weighted by Gasteiger charge is -2.28. The molecule has 0 rings (SSSR count). The quantitative estimate of drug-likeness (QED) is 0.493. The molecule has 0 atom stereocenters. The second kappa shape index (κ2) is 6.26. The third-order valence-corrected chi connectivity index (χ3v) is 1.75. The Labute approximate surface area is 86.2 Å². The van der Waals surface area contributed by atoms with Gasteiger partial charge in [0.25, 0.3) is 5.97 Å². The van der Waals surface area contributed by atoms with Crippen LogP contribution in [0.4, 0.5) is 13.2 Å². The first-order chi connectivity index (χ1) is 6.89. The lowest BCUT2D eigenvalue weighted by molar-refractivity contribution is -0.358. The molecule has 0 heterocycles. The molecule has 0 saturated carbocycles. The van der Waals surface area contributed by atoms with E-state index in [1.807, 2.05) is 0 Å². The summed E-state index contributed by atoms with van der Waals surface area (Å²) in [6, 6.07) is 0. The fraction of sp³-hybridized carbons (Fsp3) is 1.00. The highest BCUT2D eigenvalue weighted by Gasteiger charge is 2.31. The monoisotopic (exact) mass is 232 g/mol. The van der Waals surface area contributed by atoms with Crippen LogP contribution in [0.2, 0.25) is 0 Å². The molecule has 0 spiro atoms. The van der Waals surface area contributed by atoms with Crippen molar-refractivity contribution in [1.82, 2.24) is 0 Å². The molecule has 4 nitrogen and oxygen atoms in total. The van der Waals surface area contributed by atoms with E-state index in [-0.39, 0.29) is 13.0 Å². The average Bonchev–Trinajstić information content (AvgIpc) is 2.18. The van der Waals surface area contributed by atoms with E-state index >= 15 is 0 Å². The number of rotatable bonds is 7. The van der Waals surface area contributed by atoms with Gasteiger partial charge in [0.05, 0.1) is 13.0 Å². The highest BCUT2D eigenvalue weighted by molar-refractivity contribution is 4.55. The van der Waals surface area contributed by atoms with Crippen LogP contribution in [0.3, 0.4) is 0 Å². The van der Waals surface area contributed by atoms with E-state index in [4.69, 9.17) is 14.2 Å². The maximum atomic E-state index is 11.7. The van der Waals surface area contributed by atoms with Crippen LogP contribution in [0.15, 0.2) is 0 Å². The van der Waals surface area contributed by atoms with Gasteiger partial charge >= 0.3 is 6.18 Å². The molecule has 0 fully saturated rings. The summed E-state index contributed by atoms with van der Waals surface area (Å²) < 4.78 is 54.1. The third kappa shape index (κ3) is 5.93. The number of methoxy groups -OCH3 is 3. The standard InChI is InChI=1S/C8H15F3O4/c1-12-8(13-2,14-3)4-5-15-6-7(9,10)11/h4-6H2,1-3H3. The Morgan fingerprint density at radius 3 is 1.73 bits per heavy atom. The first-order valence-electron chi connectivity index (χ1n) is 4.19. The summed E-state index contributed by atoms with van der Waals surface area (Å²) in [5.74, 6) is -1.34. The number of hydrogen-bond acceptors (Lipinski definition) is 4. The van der Waals surface area contributed by atoms with Crippen LogP contribution in [0.5, 0.6) is 0 Å². The van der Waals surface area contributed by atoms with Crippen molar-refractivity contribution in [3.05, 3.63) is 0 Å². The molecular formula is C8H15F3O4. The minimum atomic E-state index is -4.32. The zero-order valence-corrected chi connectivity index (χ0v) is 8.89. The molecule has 0 amide bonds. The van der Waals surface area contributed by atoms with Crippen molar-refractivity contribution < 1.29 is 32.1 Å². The predicted octanol–water partition coefficient (Wildman–Crippen LogP) is 1.55. The lowest BCUT2D eigenvalue weighted by atomic mass is 10.4. The molecule has 92 valence electrons. The van der Waals surface area contributed by atoms with Crippen LogP contribution in [0.1, 0.15) is 6.42 Å². The summed E-state index contributed by atoms with van der Waals surface area (Å²) in [7, 11) is 3.99. The van der Waals surface area contributed by atoms with E-state index in [9.17, 15) is 13.2 Å². The minimum absolute atomic E-state index is 0.0482. The van der Waals surface area contributed by atoms with Gasteiger partial charge in [0.15, 0.2) is 0 Å². The van der Waals surface area contributed by atoms with Crippen LogP contribution in [-0.4, -0.2) is 46.7 Å². The lowest BCUT2D eigenvalue weighted by Crippen LogP contribution is -2.37. The topological polar surface area (TPSA) is 36.9 Å². The average molecular weight is 232 g/mol. The van der Waals surface area contributed by atoms with Crippen LogP contribution < -0.4 is 0 Å². The van der Waals surface area contributed by atoms with Crippen molar-refractivity contribution in [1.29, 1.82) is 0 Å². The second-order valence-corrected chi connectivity index (χ2v) is 2.71. The van der Waals surface area contributed by atoms with Gasteiger partial charge in [-0.05, 0) is 0 Å². The summed E-state index contributed by atoms with van der Waals surface area (Å²) in [6.45, 7) is -1.46. The first kappa shape index (κ1) is 14.6. The third-order valence-electron chi connectivity index (χ3n) is 1.75. The molecule has 7 heteroatoms. The first-order valence-corrected chi connectivity index (χ1v) is 4.19. The molecule has 0 radical (unpaired) electrons. The van der Waals surface area contributed by atoms with Crippen LogP contribution >= 0.6 is 0 Å². The smallest absolute Gasteiger partial charge is 0.372 e. The van der Waals surface area contributed by atoms with Gasteiger partial charge in [-0.3, -0.25) is 0 Å². The number of alkyl halides is 3. The van der Waals surface area contributed by atoms with Gasteiger partial charge in [-0.25, -0.2) is 0 Å². The molecule has 0 aromatic rings. The minimum Gasteiger partial charge on any atom is -0.372 e. The number of ether oxygens (including phenoxy) is 4. The van der Waals surface area contributed by atoms with Crippen LogP contribution in [0.25, 0.3) is 0 Å². The van der Waals surface area contributed by atoms with E-state index in [2.05, 4.69) is 4.74 Å². The molecular weight excluding hydrogens is 217 g/mol. The summed E-state index contributed by atoms with van der Waals surface area (Å²) in [6.07, 6.45) is -4.28. The van der Waals surface area contributed by atoms with Gasteiger partial charge < -0.3 is 18.9 Å². The Morgan fingerprint density at radius 2 is 1.40 bits per heavy atom. The Hall–Kier alpha value is -0.370. The molecule has 0 aromatic carbocycles. The maximum Gasteiger partial charge on any atom is 0.411 e. The molecule has 0 N–H and O–H groups in total. The molecule has 0 aromatic heterocycles. The molecule has 0 aliphatic heterocycles. The SMILES string of the molecule is COC(CCOCC(F)(F)F)(OC)OC. The van der Waals surface area contributed by atoms with Gasteiger partial charge in [0, 0.05) is 21.3 Å². The van der Waals surface area contributed by atoms with Crippen molar-refractivity contribution >= 4 is 0 Å². The summed E-state index contributed by atoms with van der Waals surface area (Å²) in [5, 5.41) is 0. The van der Waals surface area contributed by atoms with E-state index < -0.39 is 18.8 Å². The van der Waals surface area contributed by atoms with E-state index in [0.29, 0.717) is 0 Å². The Morgan fingerprint density at radius 1 is 0.933 bits per heavy atom. The van der Waals surface area contributed by atoms with E-state index in [0.717, 1.165) is 0 Å². The molecule has 0 aliphatic carbocycles. The fourth-order valence-electron chi connectivity index (χ4n) is 0.941. The Kier molecular flexibility index (Phi) is 6.11. The summed E-state index contributed by atoms with van der Waals surface area (Å²) in [5.41, 5.74) is 0. The van der Waals surface area contributed by atoms with Crippen molar-refractivity contribution in [2.24, 2.45) is 0 Å². The van der Waals surface area contributed by atoms with E-state index in [1.165, 1.54) is 21.3 Å². The largest absolute Gasteiger partial charge is 0.411 e. The Balaban J connectivity index is 3.82. The number of halogens is 3. The van der Waals surface area contributed by atoms with Gasteiger partial charge in [0.1, 0.15) is 6.61 Å². The number of hydrogen-bond donors (Lipinski definition) is 0. The summed E-state index contributed by atoms with van der Waals surface area (Å²) in [4.78, 5) is 0. The highest BCUT2D eigenvalue weighted by atomic mass is 19.4. The normalized spacial score (nSPS) is 13.2.